The van der Waals surface area contributed by atoms with Crippen LogP contribution in [0.4, 0.5) is 5.69 Å². The van der Waals surface area contributed by atoms with Gasteiger partial charge < -0.3 is 10.5 Å². The van der Waals surface area contributed by atoms with E-state index in [-0.39, 0.29) is 0 Å². The summed E-state index contributed by atoms with van der Waals surface area (Å²) >= 11 is 5.91. The number of benzene rings is 2. The van der Waals surface area contributed by atoms with E-state index in [1.54, 1.807) is 31.2 Å². The number of nitrogens with zero attached hydrogens (tertiary/aromatic N) is 1. The molecule has 0 spiro atoms. The maximum atomic E-state index is 12.2. The van der Waals surface area contributed by atoms with Crippen LogP contribution < -0.4 is 15.9 Å². The number of nitrogens with one attached hydrogen (secondary N) is 1. The third-order valence-corrected chi connectivity index (χ3v) is 3.29. The van der Waals surface area contributed by atoms with Gasteiger partial charge in [0.2, 0.25) is 0 Å². The number of hydrazone groups is 1. The lowest BCUT2D eigenvalue weighted by molar-refractivity contribution is 0.0952. The lowest BCUT2D eigenvalue weighted by Crippen LogP contribution is -2.20. The summed E-state index contributed by atoms with van der Waals surface area (Å²) in [5.74, 6) is 0.0383. The molecular weight excluding hydrogens is 302 g/mol. The number of rotatable bonds is 4. The molecule has 1 amide bonds. The van der Waals surface area contributed by atoms with Crippen molar-refractivity contribution >= 4 is 28.9 Å². The van der Waals surface area contributed by atoms with Crippen molar-refractivity contribution in [2.24, 2.45) is 5.10 Å². The van der Waals surface area contributed by atoms with Crippen molar-refractivity contribution in [2.45, 2.75) is 6.92 Å². The third kappa shape index (κ3) is 3.77. The van der Waals surface area contributed by atoms with Crippen LogP contribution in [0.15, 0.2) is 47.6 Å². The predicted octanol–water partition coefficient (Wildman–Crippen LogP) is 3.08. The monoisotopic (exact) mass is 317 g/mol. The van der Waals surface area contributed by atoms with Gasteiger partial charge in [-0.25, -0.2) is 5.43 Å². The Hall–Kier alpha value is -2.53. The van der Waals surface area contributed by atoms with E-state index in [0.29, 0.717) is 27.7 Å². The molecule has 0 saturated heterocycles. The van der Waals surface area contributed by atoms with E-state index in [4.69, 9.17) is 22.1 Å². The first kappa shape index (κ1) is 15.9. The number of anilines is 1. The van der Waals surface area contributed by atoms with Gasteiger partial charge in [-0.15, -0.1) is 0 Å². The van der Waals surface area contributed by atoms with Crippen LogP contribution in [0.5, 0.6) is 5.75 Å². The minimum absolute atomic E-state index is 0.323. The smallest absolute Gasteiger partial charge is 0.275 e. The number of ether oxygens (including phenoxy) is 1. The zero-order valence-corrected chi connectivity index (χ0v) is 13.0. The first-order valence-electron chi connectivity index (χ1n) is 6.55. The summed E-state index contributed by atoms with van der Waals surface area (Å²) in [4.78, 5) is 12.2. The molecule has 2 aromatic carbocycles. The number of methoxy groups -OCH3 is 1. The van der Waals surface area contributed by atoms with E-state index in [9.17, 15) is 4.79 Å². The first-order chi connectivity index (χ1) is 10.5. The highest BCUT2D eigenvalue weighted by molar-refractivity contribution is 6.31. The normalized spacial score (nSPS) is 11.1. The van der Waals surface area contributed by atoms with Crippen molar-refractivity contribution in [3.05, 3.63) is 58.6 Å². The second-order valence-corrected chi connectivity index (χ2v) is 5.04. The van der Waals surface area contributed by atoms with E-state index in [1.165, 1.54) is 13.2 Å². The van der Waals surface area contributed by atoms with Gasteiger partial charge in [0, 0.05) is 10.7 Å². The highest BCUT2D eigenvalue weighted by Gasteiger charge is 2.12. The molecule has 6 heteroatoms. The summed E-state index contributed by atoms with van der Waals surface area (Å²) in [7, 11) is 1.49. The van der Waals surface area contributed by atoms with Crippen LogP contribution in [0, 0.1) is 0 Å². The largest absolute Gasteiger partial charge is 0.496 e. The van der Waals surface area contributed by atoms with Gasteiger partial charge in [-0.1, -0.05) is 23.7 Å². The summed E-state index contributed by atoms with van der Waals surface area (Å²) in [6, 6.07) is 12.0. The minimum Gasteiger partial charge on any atom is -0.496 e. The average Bonchev–Trinajstić information content (AvgIpc) is 2.53. The second-order valence-electron chi connectivity index (χ2n) is 4.60. The molecular formula is C16H16ClN3O2. The van der Waals surface area contributed by atoms with E-state index in [2.05, 4.69) is 10.5 Å². The first-order valence-corrected chi connectivity index (χ1v) is 6.93. The van der Waals surface area contributed by atoms with Crippen LogP contribution >= 0.6 is 11.6 Å². The second kappa shape index (κ2) is 6.95. The minimum atomic E-state index is -0.394. The molecule has 0 bridgehead atoms. The van der Waals surface area contributed by atoms with Crippen molar-refractivity contribution in [1.29, 1.82) is 0 Å². The highest BCUT2D eigenvalue weighted by Crippen LogP contribution is 2.22. The molecule has 22 heavy (non-hydrogen) atoms. The number of halogens is 1. The number of nitrogens with two attached hydrogens (primary N) is 1. The number of carbonyl (C=O) groups is 1. The zero-order valence-electron chi connectivity index (χ0n) is 12.3. The number of nitrogen functional groups attached to an aromatic ring is 1. The molecule has 0 heterocycles. The summed E-state index contributed by atoms with van der Waals surface area (Å²) in [5.41, 5.74) is 10.7. The molecule has 0 atom stereocenters. The van der Waals surface area contributed by atoms with Gasteiger partial charge in [0.15, 0.2) is 0 Å². The fourth-order valence-corrected chi connectivity index (χ4v) is 2.01. The molecule has 0 aliphatic carbocycles. The topological polar surface area (TPSA) is 76.7 Å². The Morgan fingerprint density at radius 3 is 2.55 bits per heavy atom. The van der Waals surface area contributed by atoms with E-state index in [0.717, 1.165) is 5.56 Å². The zero-order chi connectivity index (χ0) is 16.1. The lowest BCUT2D eigenvalue weighted by atomic mass is 10.1. The molecule has 0 aliphatic heterocycles. The maximum absolute atomic E-state index is 12.2. The van der Waals surface area contributed by atoms with E-state index < -0.39 is 5.91 Å². The van der Waals surface area contributed by atoms with Gasteiger partial charge in [-0.2, -0.15) is 5.10 Å². The fourth-order valence-electron chi connectivity index (χ4n) is 1.84. The van der Waals surface area contributed by atoms with Gasteiger partial charge in [-0.3, -0.25) is 4.79 Å². The molecule has 114 valence electrons. The molecule has 0 aliphatic rings. The van der Waals surface area contributed by atoms with Crippen molar-refractivity contribution in [2.75, 3.05) is 12.8 Å². The van der Waals surface area contributed by atoms with Crippen LogP contribution in [-0.2, 0) is 0 Å². The van der Waals surface area contributed by atoms with Gasteiger partial charge in [-0.05, 0) is 42.8 Å². The molecule has 2 rings (SSSR count). The van der Waals surface area contributed by atoms with Gasteiger partial charge in [0.05, 0.1) is 18.4 Å². The fraction of sp³-hybridized carbons (Fsp3) is 0.125. The molecule has 0 aromatic heterocycles. The number of hydrogen-bond donors (Lipinski definition) is 2. The third-order valence-electron chi connectivity index (χ3n) is 3.06. The Morgan fingerprint density at radius 1 is 1.23 bits per heavy atom. The molecule has 3 N–H and O–H groups in total. The highest BCUT2D eigenvalue weighted by atomic mass is 35.5. The lowest BCUT2D eigenvalue weighted by Gasteiger charge is -2.08. The Kier molecular flexibility index (Phi) is 5.01. The molecule has 5 nitrogen and oxygen atoms in total. The van der Waals surface area contributed by atoms with Crippen LogP contribution in [0.3, 0.4) is 0 Å². The van der Waals surface area contributed by atoms with Crippen molar-refractivity contribution in [3.8, 4) is 5.75 Å². The molecule has 0 unspecified atom stereocenters. The summed E-state index contributed by atoms with van der Waals surface area (Å²) in [5, 5.41) is 4.53. The van der Waals surface area contributed by atoms with Crippen molar-refractivity contribution in [3.63, 3.8) is 0 Å². The van der Waals surface area contributed by atoms with Crippen molar-refractivity contribution < 1.29 is 9.53 Å². The van der Waals surface area contributed by atoms with Crippen molar-refractivity contribution in [1.82, 2.24) is 5.43 Å². The van der Waals surface area contributed by atoms with E-state index >= 15 is 0 Å². The summed E-state index contributed by atoms with van der Waals surface area (Å²) in [6.07, 6.45) is 0. The molecule has 0 radical (unpaired) electrons. The average molecular weight is 318 g/mol. The number of amides is 1. The van der Waals surface area contributed by atoms with Crippen LogP contribution in [0.25, 0.3) is 0 Å². The maximum Gasteiger partial charge on any atom is 0.275 e. The van der Waals surface area contributed by atoms with E-state index in [1.807, 2.05) is 12.1 Å². The molecule has 0 saturated carbocycles. The van der Waals surface area contributed by atoms with Gasteiger partial charge in [0.25, 0.3) is 5.91 Å². The predicted molar refractivity (Wildman–Crippen MR) is 88.5 cm³/mol. The van der Waals surface area contributed by atoms with Crippen LogP contribution in [0.2, 0.25) is 5.02 Å². The summed E-state index contributed by atoms with van der Waals surface area (Å²) < 4.78 is 5.14. The number of carbonyl (C=O) groups excluding carboxylic acids is 1. The van der Waals surface area contributed by atoms with Crippen LogP contribution in [0.1, 0.15) is 22.8 Å². The number of hydrogen-bond acceptors (Lipinski definition) is 4. The Labute approximate surface area is 133 Å². The Balaban J connectivity index is 2.17. The SMILES string of the molecule is COc1ccc(Cl)cc1C(=O)NN=C(C)c1ccc(N)cc1. The van der Waals surface area contributed by atoms with Crippen LogP contribution in [-0.4, -0.2) is 18.7 Å². The molecule has 0 fully saturated rings. The summed E-state index contributed by atoms with van der Waals surface area (Å²) in [6.45, 7) is 1.79. The Morgan fingerprint density at radius 2 is 1.91 bits per heavy atom. The Bertz CT molecular complexity index is 712. The quantitative estimate of drug-likeness (QED) is 0.517. The van der Waals surface area contributed by atoms with Gasteiger partial charge in [0.1, 0.15) is 5.75 Å². The standard InChI is InChI=1S/C16H16ClN3O2/c1-10(11-3-6-13(18)7-4-11)19-20-16(21)14-9-12(17)5-8-15(14)22-2/h3-9H,18H2,1-2H3,(H,20,21). The molecule has 2 aromatic rings. The van der Waals surface area contributed by atoms with Gasteiger partial charge >= 0.3 is 0 Å².